The van der Waals surface area contributed by atoms with Crippen LogP contribution in [0, 0.1) is 87.8 Å². The summed E-state index contributed by atoms with van der Waals surface area (Å²) in [5.74, 6) is 12.4. The SMILES string of the molecule is CC1=CC2C(CC3CCCC3C2C2CCC(C(C)(C)C)CC2)C1[Si](C)(C)C1C(C(C)C)=CC2C(C3CCC(C(C)(C)C)CC3)CCCC21. The molecule has 10 unspecified atom stereocenters. The summed E-state index contributed by atoms with van der Waals surface area (Å²) in [7, 11) is -1.65. The fraction of sp³-hybridized carbons (Fsp3) is 0.915. The van der Waals surface area contributed by atoms with Crippen LogP contribution in [0.3, 0.4) is 0 Å². The van der Waals surface area contributed by atoms with E-state index in [0.717, 1.165) is 88.0 Å². The maximum absolute atomic E-state index is 3.00. The van der Waals surface area contributed by atoms with Gasteiger partial charge in [-0.1, -0.05) is 111 Å². The number of rotatable bonds is 5. The van der Waals surface area contributed by atoms with E-state index < -0.39 is 8.07 Å². The summed E-state index contributed by atoms with van der Waals surface area (Å²) in [6.07, 6.45) is 28.9. The molecule has 1 heteroatoms. The molecule has 0 amide bonds. The Hall–Kier alpha value is -0.303. The van der Waals surface area contributed by atoms with E-state index in [2.05, 4.69) is 87.6 Å². The topological polar surface area (TPSA) is 0 Å². The van der Waals surface area contributed by atoms with E-state index in [0.29, 0.717) is 10.8 Å². The fourth-order valence-corrected chi connectivity index (χ4v) is 21.5. The molecule has 5 fully saturated rings. The van der Waals surface area contributed by atoms with Crippen molar-refractivity contribution >= 4 is 8.07 Å². The lowest BCUT2D eigenvalue weighted by atomic mass is 9.56. The summed E-state index contributed by atoms with van der Waals surface area (Å²) < 4.78 is 0. The van der Waals surface area contributed by atoms with Crippen molar-refractivity contribution in [2.24, 2.45) is 87.8 Å². The molecule has 0 aliphatic heterocycles. The Labute approximate surface area is 300 Å². The van der Waals surface area contributed by atoms with Crippen molar-refractivity contribution in [2.75, 3.05) is 0 Å². The molecule has 7 aliphatic rings. The summed E-state index contributed by atoms with van der Waals surface area (Å²) in [6.45, 7) is 28.8. The molecule has 5 saturated carbocycles. The van der Waals surface area contributed by atoms with E-state index in [1.54, 1.807) is 19.3 Å². The zero-order valence-corrected chi connectivity index (χ0v) is 34.9. The Bertz CT molecular complexity index is 1190. The van der Waals surface area contributed by atoms with Gasteiger partial charge in [0.2, 0.25) is 0 Å². The van der Waals surface area contributed by atoms with Crippen LogP contribution in [-0.4, -0.2) is 8.07 Å². The monoisotopic (exact) mass is 673 g/mol. The molecule has 0 spiro atoms. The molecular weight excluding hydrogens is 593 g/mol. The number of hydrogen-bond acceptors (Lipinski definition) is 0. The first-order chi connectivity index (χ1) is 22.6. The average molecular weight is 673 g/mol. The number of hydrogen-bond donors (Lipinski definition) is 0. The van der Waals surface area contributed by atoms with Gasteiger partial charge in [-0.2, -0.15) is 0 Å². The van der Waals surface area contributed by atoms with E-state index in [4.69, 9.17) is 0 Å². The molecular formula is C47H80Si. The highest BCUT2D eigenvalue weighted by molar-refractivity contribution is 6.81. The van der Waals surface area contributed by atoms with Crippen molar-refractivity contribution in [2.45, 2.75) is 183 Å². The molecule has 0 N–H and O–H groups in total. The predicted octanol–water partition coefficient (Wildman–Crippen LogP) is 14.4. The molecule has 0 aromatic heterocycles. The summed E-state index contributed by atoms with van der Waals surface area (Å²) in [5.41, 5.74) is 6.67. The zero-order valence-electron chi connectivity index (χ0n) is 33.9. The Morgan fingerprint density at radius 2 is 1.10 bits per heavy atom. The van der Waals surface area contributed by atoms with Gasteiger partial charge in [0.05, 0.1) is 8.07 Å². The fourth-order valence-electron chi connectivity index (χ4n) is 15.6. The minimum absolute atomic E-state index is 0.491. The standard InChI is InChI=1S/C47H80Si/c1-29(2)39-28-40-36(31-18-22-34(23-19-31)46(4,5)6)15-13-17-38(40)45(39)48(10,11)44-30(3)26-41-42(44)27-33-14-12-16-37(33)43(41)32-20-24-35(25-21-32)47(7,8)9/h26,28-29,31-38,40-45H,12-25,27H2,1-11H3. The van der Waals surface area contributed by atoms with Gasteiger partial charge in [0.15, 0.2) is 0 Å². The Morgan fingerprint density at radius 1 is 0.562 bits per heavy atom. The first kappa shape index (κ1) is 36.1. The summed E-state index contributed by atoms with van der Waals surface area (Å²) in [4.78, 5) is 0. The second kappa shape index (κ2) is 13.3. The van der Waals surface area contributed by atoms with Gasteiger partial charge in [0.25, 0.3) is 0 Å². The van der Waals surface area contributed by atoms with Crippen molar-refractivity contribution in [3.8, 4) is 0 Å². The summed E-state index contributed by atoms with van der Waals surface area (Å²) in [5, 5.41) is 0. The van der Waals surface area contributed by atoms with Crippen LogP contribution in [-0.2, 0) is 0 Å². The van der Waals surface area contributed by atoms with Crippen molar-refractivity contribution in [1.29, 1.82) is 0 Å². The van der Waals surface area contributed by atoms with Gasteiger partial charge in [-0.05, 0) is 183 Å². The molecule has 0 aromatic carbocycles. The van der Waals surface area contributed by atoms with Gasteiger partial charge < -0.3 is 0 Å². The smallest absolute Gasteiger partial charge is 0.0626 e. The summed E-state index contributed by atoms with van der Waals surface area (Å²) in [6, 6.07) is 0. The maximum atomic E-state index is 3.00. The lowest BCUT2D eigenvalue weighted by Gasteiger charge is -2.53. The highest BCUT2D eigenvalue weighted by Gasteiger charge is 2.60. The van der Waals surface area contributed by atoms with Crippen LogP contribution in [0.25, 0.3) is 0 Å². The Morgan fingerprint density at radius 3 is 1.69 bits per heavy atom. The highest BCUT2D eigenvalue weighted by atomic mass is 28.3. The molecule has 0 nitrogen and oxygen atoms in total. The average Bonchev–Trinajstić information content (AvgIpc) is 3.74. The predicted molar refractivity (Wildman–Crippen MR) is 212 cm³/mol. The van der Waals surface area contributed by atoms with Crippen molar-refractivity contribution in [1.82, 2.24) is 0 Å². The van der Waals surface area contributed by atoms with Crippen LogP contribution in [0.15, 0.2) is 23.3 Å². The molecule has 272 valence electrons. The molecule has 48 heavy (non-hydrogen) atoms. The minimum Gasteiger partial charge on any atom is -0.0819 e. The van der Waals surface area contributed by atoms with Crippen LogP contribution in [0.5, 0.6) is 0 Å². The molecule has 0 saturated heterocycles. The van der Waals surface area contributed by atoms with Crippen molar-refractivity contribution in [3.63, 3.8) is 0 Å². The zero-order chi connectivity index (χ0) is 34.3. The normalized spacial score (nSPS) is 45.4. The van der Waals surface area contributed by atoms with Gasteiger partial charge >= 0.3 is 0 Å². The quantitative estimate of drug-likeness (QED) is 0.201. The van der Waals surface area contributed by atoms with Gasteiger partial charge in [0, 0.05) is 0 Å². The highest BCUT2D eigenvalue weighted by Crippen LogP contribution is 2.67. The first-order valence-corrected chi connectivity index (χ1v) is 25.1. The van der Waals surface area contributed by atoms with E-state index >= 15 is 0 Å². The lowest BCUT2D eigenvalue weighted by Crippen LogP contribution is -2.49. The minimum atomic E-state index is -1.65. The van der Waals surface area contributed by atoms with E-state index in [9.17, 15) is 0 Å². The van der Waals surface area contributed by atoms with Gasteiger partial charge in [0.1, 0.15) is 0 Å². The van der Waals surface area contributed by atoms with Crippen LogP contribution in [0.2, 0.25) is 24.2 Å². The third kappa shape index (κ3) is 6.37. The van der Waals surface area contributed by atoms with E-state index in [1.807, 2.05) is 11.1 Å². The van der Waals surface area contributed by atoms with Crippen LogP contribution in [0.4, 0.5) is 0 Å². The third-order valence-corrected chi connectivity index (χ3v) is 22.6. The van der Waals surface area contributed by atoms with E-state index in [1.165, 1.54) is 77.0 Å². The molecule has 7 rings (SSSR count). The van der Waals surface area contributed by atoms with Crippen LogP contribution in [0.1, 0.15) is 159 Å². The van der Waals surface area contributed by atoms with Crippen molar-refractivity contribution in [3.05, 3.63) is 23.3 Å². The second-order valence-corrected chi connectivity index (χ2v) is 27.6. The van der Waals surface area contributed by atoms with Crippen LogP contribution < -0.4 is 0 Å². The maximum Gasteiger partial charge on any atom is 0.0626 e. The van der Waals surface area contributed by atoms with Crippen molar-refractivity contribution < 1.29 is 0 Å². The largest absolute Gasteiger partial charge is 0.0819 e. The molecule has 0 radical (unpaired) electrons. The van der Waals surface area contributed by atoms with Gasteiger partial charge in [-0.25, -0.2) is 0 Å². The number of fused-ring (bicyclic) bond motifs is 3. The number of allylic oxidation sites excluding steroid dienone is 4. The summed E-state index contributed by atoms with van der Waals surface area (Å²) >= 11 is 0. The Balaban J connectivity index is 1.14. The van der Waals surface area contributed by atoms with Crippen LogP contribution >= 0.6 is 0 Å². The van der Waals surface area contributed by atoms with Gasteiger partial charge in [-0.3, -0.25) is 0 Å². The second-order valence-electron chi connectivity index (χ2n) is 22.7. The lowest BCUT2D eigenvalue weighted by molar-refractivity contribution is 0.0143. The molecule has 7 aliphatic carbocycles. The van der Waals surface area contributed by atoms with E-state index in [-0.39, 0.29) is 0 Å². The molecule has 10 atom stereocenters. The third-order valence-electron chi connectivity index (χ3n) is 17.7. The molecule has 0 aromatic rings. The van der Waals surface area contributed by atoms with Gasteiger partial charge in [-0.15, -0.1) is 0 Å². The molecule has 0 bridgehead atoms. The molecule has 0 heterocycles. The first-order valence-electron chi connectivity index (χ1n) is 22.0. The Kier molecular flexibility index (Phi) is 9.98.